The van der Waals surface area contributed by atoms with Gasteiger partial charge in [0.15, 0.2) is 0 Å². The topological polar surface area (TPSA) is 71.7 Å². The molecule has 118 valence electrons. The molecule has 1 aromatic heterocycles. The smallest absolute Gasteiger partial charge is 0.315 e. The fraction of sp³-hybridized carbons (Fsp3) is 0.0556. The maximum atomic E-state index is 12.4. The van der Waals surface area contributed by atoms with Gasteiger partial charge in [0.2, 0.25) is 5.88 Å². The Balaban J connectivity index is 1.99. The van der Waals surface area contributed by atoms with Gasteiger partial charge in [-0.15, -0.1) is 0 Å². The van der Waals surface area contributed by atoms with E-state index in [1.165, 1.54) is 4.57 Å². The van der Waals surface area contributed by atoms with Gasteiger partial charge in [-0.05, 0) is 25.1 Å². The molecule has 2 heterocycles. The Kier molecular flexibility index (Phi) is 3.21. The number of fused-ring (bicyclic) bond motifs is 1. The minimum Gasteiger partial charge on any atom is -0.493 e. The Morgan fingerprint density at radius 1 is 1.04 bits per heavy atom. The van der Waals surface area contributed by atoms with E-state index < -0.39 is 5.91 Å². The molecule has 1 N–H and O–H groups in total. The van der Waals surface area contributed by atoms with E-state index in [0.29, 0.717) is 16.3 Å². The first kappa shape index (κ1) is 14.6. The molecule has 2 aromatic carbocycles. The highest BCUT2D eigenvalue weighted by atomic mass is 32.1. The summed E-state index contributed by atoms with van der Waals surface area (Å²) in [5, 5.41) is 11.8. The maximum absolute atomic E-state index is 12.4. The molecule has 1 aliphatic heterocycles. The van der Waals surface area contributed by atoms with E-state index in [1.54, 1.807) is 36.4 Å². The van der Waals surface area contributed by atoms with Gasteiger partial charge in [-0.25, -0.2) is 9.56 Å². The first-order valence-electron chi connectivity index (χ1n) is 7.31. The second kappa shape index (κ2) is 5.28. The Morgan fingerprint density at radius 2 is 1.75 bits per heavy atom. The minimum absolute atomic E-state index is 0.232. The second-order valence-corrected chi connectivity index (χ2v) is 6.46. The molecule has 1 amide bonds. The van der Waals surface area contributed by atoms with Crippen LogP contribution < -0.4 is 15.4 Å². The lowest BCUT2D eigenvalue weighted by Gasteiger charge is -2.04. The van der Waals surface area contributed by atoms with Crippen LogP contribution in [0.25, 0.3) is 11.3 Å². The Hall–Kier alpha value is -2.99. The molecule has 0 fully saturated rings. The number of carbonyl (C=O) groups is 1. The van der Waals surface area contributed by atoms with E-state index in [1.807, 2.05) is 19.1 Å². The monoisotopic (exact) mass is 336 g/mol. The van der Waals surface area contributed by atoms with E-state index in [4.69, 9.17) is 0 Å². The summed E-state index contributed by atoms with van der Waals surface area (Å²) in [6.45, 7) is 1.94. The van der Waals surface area contributed by atoms with Gasteiger partial charge in [0.25, 0.3) is 5.91 Å². The van der Waals surface area contributed by atoms with E-state index in [9.17, 15) is 14.7 Å². The maximum Gasteiger partial charge on any atom is 0.315 e. The van der Waals surface area contributed by atoms with Crippen molar-refractivity contribution in [2.24, 2.45) is 4.99 Å². The number of thiazole rings is 1. The highest BCUT2D eigenvalue weighted by Crippen LogP contribution is 2.30. The summed E-state index contributed by atoms with van der Waals surface area (Å²) in [5.41, 5.74) is 1.88. The Labute approximate surface area is 140 Å². The van der Waals surface area contributed by atoms with Gasteiger partial charge in [0, 0.05) is 5.22 Å². The summed E-state index contributed by atoms with van der Waals surface area (Å²) < 4.78 is 1.21. The van der Waals surface area contributed by atoms with Crippen LogP contribution in [0.3, 0.4) is 0 Å². The van der Waals surface area contributed by atoms with Crippen molar-refractivity contribution in [3.63, 3.8) is 0 Å². The third-order valence-corrected chi connectivity index (χ3v) is 4.86. The van der Waals surface area contributed by atoms with E-state index in [0.717, 1.165) is 16.9 Å². The van der Waals surface area contributed by atoms with Crippen LogP contribution in [0.1, 0.15) is 10.4 Å². The second-order valence-electron chi connectivity index (χ2n) is 5.50. The average molecular weight is 336 g/mol. The van der Waals surface area contributed by atoms with Gasteiger partial charge in [-0.2, -0.15) is 0 Å². The van der Waals surface area contributed by atoms with Gasteiger partial charge >= 0.3 is 4.87 Å². The summed E-state index contributed by atoms with van der Waals surface area (Å²) in [7, 11) is 0. The molecule has 1 aliphatic rings. The minimum atomic E-state index is -0.441. The van der Waals surface area contributed by atoms with Crippen LogP contribution in [0.2, 0.25) is 0 Å². The molecule has 0 aliphatic carbocycles. The first-order valence-corrected chi connectivity index (χ1v) is 8.12. The molecule has 0 spiro atoms. The largest absolute Gasteiger partial charge is 0.493 e. The fourth-order valence-corrected chi connectivity index (χ4v) is 3.67. The molecular weight excluding hydrogens is 324 g/mol. The number of carbonyl (C=O) groups excluding carboxylic acids is 1. The molecule has 24 heavy (non-hydrogen) atoms. The van der Waals surface area contributed by atoms with Crippen molar-refractivity contribution in [2.45, 2.75) is 6.92 Å². The van der Waals surface area contributed by atoms with Gasteiger partial charge in [-0.3, -0.25) is 9.59 Å². The standard InChI is InChI=1S/C18H12N2O3S/c1-10-6-8-11(9-7-10)20-17(22)15(24-18(20)23)14-12-4-2-3-5-13(12)19-16(14)21/h2-9,22H,1H3. The van der Waals surface area contributed by atoms with Crippen LogP contribution >= 0.6 is 11.3 Å². The molecule has 5 nitrogen and oxygen atoms in total. The number of benzene rings is 2. The summed E-state index contributed by atoms with van der Waals surface area (Å²) in [6, 6.07) is 14.3. The molecule has 0 saturated carbocycles. The number of aryl methyl sites for hydroxylation is 1. The summed E-state index contributed by atoms with van der Waals surface area (Å²) in [6.07, 6.45) is 0. The van der Waals surface area contributed by atoms with Gasteiger partial charge in [0.1, 0.15) is 4.88 Å². The predicted molar refractivity (Wildman–Crippen MR) is 91.1 cm³/mol. The number of aromatic nitrogens is 1. The zero-order chi connectivity index (χ0) is 16.8. The van der Waals surface area contributed by atoms with Crippen molar-refractivity contribution in [1.82, 2.24) is 4.57 Å². The lowest BCUT2D eigenvalue weighted by Crippen LogP contribution is -2.22. The van der Waals surface area contributed by atoms with E-state index >= 15 is 0 Å². The third-order valence-electron chi connectivity index (χ3n) is 3.92. The number of amides is 1. The lowest BCUT2D eigenvalue weighted by molar-refractivity contribution is -0.112. The third kappa shape index (κ3) is 2.11. The number of aromatic hydroxyl groups is 1. The molecule has 0 bridgehead atoms. The summed E-state index contributed by atoms with van der Waals surface area (Å²) >= 11 is 0.844. The van der Waals surface area contributed by atoms with E-state index in [2.05, 4.69) is 4.99 Å². The molecular formula is C18H12N2O3S. The number of rotatable bonds is 2. The van der Waals surface area contributed by atoms with E-state index in [-0.39, 0.29) is 21.2 Å². The quantitative estimate of drug-likeness (QED) is 0.766. The van der Waals surface area contributed by atoms with Crippen molar-refractivity contribution in [2.75, 3.05) is 0 Å². The SMILES string of the molecule is Cc1ccc(-n2c(O)c(C3=c4ccccc4=NC3=O)sc2=O)cc1. The Morgan fingerprint density at radius 3 is 2.50 bits per heavy atom. The molecule has 0 unspecified atom stereocenters. The number of hydrogen-bond acceptors (Lipinski definition) is 4. The fourth-order valence-electron chi connectivity index (χ4n) is 2.73. The normalized spacial score (nSPS) is 13.0. The Bertz CT molecular complexity index is 1150. The van der Waals surface area contributed by atoms with Crippen LogP contribution in [-0.4, -0.2) is 15.6 Å². The van der Waals surface area contributed by atoms with Gasteiger partial charge in [-0.1, -0.05) is 47.2 Å². The molecule has 6 heteroatoms. The number of para-hydroxylation sites is 1. The molecule has 0 atom stereocenters. The van der Waals surface area contributed by atoms with Crippen molar-refractivity contribution < 1.29 is 9.90 Å². The predicted octanol–water partition coefficient (Wildman–Crippen LogP) is 1.27. The molecule has 4 rings (SSSR count). The van der Waals surface area contributed by atoms with Gasteiger partial charge in [0.05, 0.1) is 16.6 Å². The molecule has 0 saturated heterocycles. The van der Waals surface area contributed by atoms with Crippen LogP contribution in [0, 0.1) is 6.92 Å². The van der Waals surface area contributed by atoms with Crippen molar-refractivity contribution in [3.05, 3.63) is 79.2 Å². The van der Waals surface area contributed by atoms with Gasteiger partial charge < -0.3 is 5.11 Å². The van der Waals surface area contributed by atoms with Crippen LogP contribution in [0.4, 0.5) is 0 Å². The molecule has 0 radical (unpaired) electrons. The van der Waals surface area contributed by atoms with Crippen LogP contribution in [-0.2, 0) is 4.79 Å². The molecule has 3 aromatic rings. The average Bonchev–Trinajstić information content (AvgIpc) is 3.04. The number of nitrogens with zero attached hydrogens (tertiary/aromatic N) is 2. The van der Waals surface area contributed by atoms with Crippen molar-refractivity contribution in [1.29, 1.82) is 0 Å². The zero-order valence-electron chi connectivity index (χ0n) is 12.7. The lowest BCUT2D eigenvalue weighted by atomic mass is 10.1. The zero-order valence-corrected chi connectivity index (χ0v) is 13.5. The summed E-state index contributed by atoms with van der Waals surface area (Å²) in [4.78, 5) is 28.5. The van der Waals surface area contributed by atoms with Crippen LogP contribution in [0.5, 0.6) is 5.88 Å². The van der Waals surface area contributed by atoms with Crippen molar-refractivity contribution >= 4 is 22.8 Å². The first-order chi connectivity index (χ1) is 11.6. The van der Waals surface area contributed by atoms with Crippen molar-refractivity contribution in [3.8, 4) is 11.6 Å². The van der Waals surface area contributed by atoms with Crippen LogP contribution in [0.15, 0.2) is 58.3 Å². The highest BCUT2D eigenvalue weighted by Gasteiger charge is 2.26. The number of hydrogen-bond donors (Lipinski definition) is 1. The highest BCUT2D eigenvalue weighted by molar-refractivity contribution is 7.11. The summed E-state index contributed by atoms with van der Waals surface area (Å²) in [5.74, 6) is -0.673.